The first-order valence-electron chi connectivity index (χ1n) is 4.41. The summed E-state index contributed by atoms with van der Waals surface area (Å²) in [6, 6.07) is 1.60. The van der Waals surface area contributed by atoms with Crippen LogP contribution in [0.3, 0.4) is 0 Å². The van der Waals surface area contributed by atoms with Gasteiger partial charge in [0.25, 0.3) is 5.91 Å². The van der Waals surface area contributed by atoms with Gasteiger partial charge in [0, 0.05) is 18.5 Å². The molecule has 0 saturated carbocycles. The largest absolute Gasteiger partial charge is 0.361 e. The first-order chi connectivity index (χ1) is 6.63. The zero-order valence-electron chi connectivity index (χ0n) is 8.21. The number of aromatic nitrogens is 1. The van der Waals surface area contributed by atoms with Crippen molar-refractivity contribution in [2.75, 3.05) is 12.4 Å². The molecule has 0 aliphatic rings. The second-order valence-electron chi connectivity index (χ2n) is 3.29. The normalized spacial score (nSPS) is 12.5. The Morgan fingerprint density at radius 2 is 2.50 bits per heavy atom. The Bertz CT molecular complexity index is 312. The topological polar surface area (TPSA) is 55.1 Å². The number of nitrogens with zero attached hydrogens (tertiary/aromatic N) is 1. The lowest BCUT2D eigenvalue weighted by Gasteiger charge is -2.07. The molecule has 1 N–H and O–H groups in total. The number of rotatable bonds is 4. The fourth-order valence-corrected chi connectivity index (χ4v) is 0.995. The van der Waals surface area contributed by atoms with Crippen molar-refractivity contribution in [3.63, 3.8) is 0 Å². The molecular formula is C9H13ClN2O2. The molecule has 78 valence electrons. The summed E-state index contributed by atoms with van der Waals surface area (Å²) in [6.45, 7) is 4.25. The van der Waals surface area contributed by atoms with Gasteiger partial charge in [-0.2, -0.15) is 0 Å². The van der Waals surface area contributed by atoms with Crippen LogP contribution in [0.15, 0.2) is 10.6 Å². The Labute approximate surface area is 87.6 Å². The molecule has 1 aromatic heterocycles. The van der Waals surface area contributed by atoms with E-state index in [1.54, 1.807) is 13.0 Å². The van der Waals surface area contributed by atoms with E-state index in [1.165, 1.54) is 0 Å². The van der Waals surface area contributed by atoms with Crippen molar-refractivity contribution < 1.29 is 9.32 Å². The molecule has 4 nitrogen and oxygen atoms in total. The van der Waals surface area contributed by atoms with E-state index in [4.69, 9.17) is 16.1 Å². The highest BCUT2D eigenvalue weighted by atomic mass is 35.5. The van der Waals surface area contributed by atoms with Crippen molar-refractivity contribution in [2.45, 2.75) is 13.8 Å². The lowest BCUT2D eigenvalue weighted by Crippen LogP contribution is -2.29. The van der Waals surface area contributed by atoms with E-state index in [9.17, 15) is 4.79 Å². The minimum Gasteiger partial charge on any atom is -0.361 e. The summed E-state index contributed by atoms with van der Waals surface area (Å²) in [5.41, 5.74) is 0.310. The predicted octanol–water partition coefficient (Wildman–Crippen LogP) is 1.59. The summed E-state index contributed by atoms with van der Waals surface area (Å²) in [4.78, 5) is 11.4. The van der Waals surface area contributed by atoms with Crippen LogP contribution in [0.4, 0.5) is 0 Å². The van der Waals surface area contributed by atoms with Gasteiger partial charge in [0.05, 0.1) is 0 Å². The van der Waals surface area contributed by atoms with Gasteiger partial charge in [-0.3, -0.25) is 4.79 Å². The monoisotopic (exact) mass is 216 g/mol. The lowest BCUT2D eigenvalue weighted by atomic mass is 10.2. The SMILES string of the molecule is Cc1cc(C(=O)NCC(C)CCl)no1. The molecule has 1 rings (SSSR count). The molecule has 1 amide bonds. The maximum atomic E-state index is 11.4. The Kier molecular flexibility index (Phi) is 3.95. The van der Waals surface area contributed by atoms with Crippen LogP contribution in [0.1, 0.15) is 23.2 Å². The standard InChI is InChI=1S/C9H13ClN2O2/c1-6(4-10)5-11-9(13)8-3-7(2)14-12-8/h3,6H,4-5H2,1-2H3,(H,11,13). The zero-order valence-corrected chi connectivity index (χ0v) is 8.97. The van der Waals surface area contributed by atoms with Crippen molar-refractivity contribution in [1.82, 2.24) is 10.5 Å². The molecule has 1 aromatic rings. The van der Waals surface area contributed by atoms with Crippen LogP contribution >= 0.6 is 11.6 Å². The van der Waals surface area contributed by atoms with Gasteiger partial charge in [-0.1, -0.05) is 12.1 Å². The minimum absolute atomic E-state index is 0.223. The summed E-state index contributed by atoms with van der Waals surface area (Å²) in [5.74, 6) is 1.19. The summed E-state index contributed by atoms with van der Waals surface area (Å²) in [6.07, 6.45) is 0. The number of hydrogen-bond donors (Lipinski definition) is 1. The molecule has 1 heterocycles. The van der Waals surface area contributed by atoms with Gasteiger partial charge in [0.1, 0.15) is 5.76 Å². The molecule has 0 saturated heterocycles. The second-order valence-corrected chi connectivity index (χ2v) is 3.60. The van der Waals surface area contributed by atoms with Crippen LogP contribution < -0.4 is 5.32 Å². The van der Waals surface area contributed by atoms with Crippen LogP contribution in [0, 0.1) is 12.8 Å². The first-order valence-corrected chi connectivity index (χ1v) is 4.94. The maximum absolute atomic E-state index is 11.4. The summed E-state index contributed by atoms with van der Waals surface area (Å²) < 4.78 is 4.78. The highest BCUT2D eigenvalue weighted by Crippen LogP contribution is 2.02. The van der Waals surface area contributed by atoms with Gasteiger partial charge in [-0.05, 0) is 12.8 Å². The third-order valence-corrected chi connectivity index (χ3v) is 2.26. The molecule has 0 aliphatic carbocycles. The summed E-state index contributed by atoms with van der Waals surface area (Å²) in [5, 5.41) is 6.32. The van der Waals surface area contributed by atoms with Gasteiger partial charge in [0.2, 0.25) is 0 Å². The molecule has 0 radical (unpaired) electrons. The molecule has 14 heavy (non-hydrogen) atoms. The Morgan fingerprint density at radius 3 is 3.00 bits per heavy atom. The fourth-order valence-electron chi connectivity index (χ4n) is 0.885. The predicted molar refractivity (Wildman–Crippen MR) is 53.5 cm³/mol. The van der Waals surface area contributed by atoms with E-state index in [-0.39, 0.29) is 11.8 Å². The molecule has 0 bridgehead atoms. The molecule has 5 heteroatoms. The Morgan fingerprint density at radius 1 is 1.79 bits per heavy atom. The van der Waals surface area contributed by atoms with Crippen molar-refractivity contribution in [1.29, 1.82) is 0 Å². The number of nitrogens with one attached hydrogen (secondary N) is 1. The summed E-state index contributed by atoms with van der Waals surface area (Å²) in [7, 11) is 0. The van der Waals surface area contributed by atoms with Gasteiger partial charge >= 0.3 is 0 Å². The number of amides is 1. The first kappa shape index (κ1) is 11.0. The van der Waals surface area contributed by atoms with E-state index in [1.807, 2.05) is 6.92 Å². The quantitative estimate of drug-likeness (QED) is 0.778. The number of halogens is 1. The number of aryl methyl sites for hydroxylation is 1. The van der Waals surface area contributed by atoms with Gasteiger partial charge in [-0.25, -0.2) is 0 Å². The Hall–Kier alpha value is -1.03. The van der Waals surface area contributed by atoms with Crippen LogP contribution in [-0.4, -0.2) is 23.5 Å². The smallest absolute Gasteiger partial charge is 0.273 e. The van der Waals surface area contributed by atoms with Gasteiger partial charge in [0.15, 0.2) is 5.69 Å². The maximum Gasteiger partial charge on any atom is 0.273 e. The number of carbonyl (C=O) groups is 1. The van der Waals surface area contributed by atoms with Gasteiger partial charge in [-0.15, -0.1) is 11.6 Å². The van der Waals surface area contributed by atoms with Crippen LogP contribution in [0.2, 0.25) is 0 Å². The third kappa shape index (κ3) is 3.03. The van der Waals surface area contributed by atoms with Crippen LogP contribution in [0.25, 0.3) is 0 Å². The second kappa shape index (κ2) is 5.00. The van der Waals surface area contributed by atoms with Crippen LogP contribution in [0.5, 0.6) is 0 Å². The van der Waals surface area contributed by atoms with E-state index >= 15 is 0 Å². The number of hydrogen-bond acceptors (Lipinski definition) is 3. The van der Waals surface area contributed by atoms with Gasteiger partial charge < -0.3 is 9.84 Å². The van der Waals surface area contributed by atoms with E-state index < -0.39 is 0 Å². The van der Waals surface area contributed by atoms with E-state index in [0.717, 1.165) is 0 Å². The van der Waals surface area contributed by atoms with E-state index in [0.29, 0.717) is 23.9 Å². The molecule has 1 atom stereocenters. The number of carbonyl (C=O) groups excluding carboxylic acids is 1. The van der Waals surface area contributed by atoms with Crippen molar-refractivity contribution in [3.05, 3.63) is 17.5 Å². The molecule has 1 unspecified atom stereocenters. The summed E-state index contributed by atoms with van der Waals surface area (Å²) >= 11 is 5.60. The van der Waals surface area contributed by atoms with Crippen molar-refractivity contribution in [2.24, 2.45) is 5.92 Å². The highest BCUT2D eigenvalue weighted by molar-refractivity contribution is 6.18. The molecular weight excluding hydrogens is 204 g/mol. The molecule has 0 spiro atoms. The average molecular weight is 217 g/mol. The fraction of sp³-hybridized carbons (Fsp3) is 0.556. The Balaban J connectivity index is 2.43. The minimum atomic E-state index is -0.223. The number of alkyl halides is 1. The van der Waals surface area contributed by atoms with Crippen LogP contribution in [-0.2, 0) is 0 Å². The van der Waals surface area contributed by atoms with Crippen molar-refractivity contribution >= 4 is 17.5 Å². The van der Waals surface area contributed by atoms with E-state index in [2.05, 4.69) is 10.5 Å². The molecule has 0 fully saturated rings. The molecule has 0 aromatic carbocycles. The average Bonchev–Trinajstić information content (AvgIpc) is 2.60. The molecule has 0 aliphatic heterocycles. The van der Waals surface area contributed by atoms with Crippen molar-refractivity contribution in [3.8, 4) is 0 Å². The lowest BCUT2D eigenvalue weighted by molar-refractivity contribution is 0.0940. The third-order valence-electron chi connectivity index (χ3n) is 1.74. The zero-order chi connectivity index (χ0) is 10.6. The highest BCUT2D eigenvalue weighted by Gasteiger charge is 2.11.